The molecule has 0 saturated carbocycles. The molecule has 0 spiro atoms. The number of aryl methyl sites for hydroxylation is 1. The Morgan fingerprint density at radius 1 is 1.19 bits per heavy atom. The summed E-state index contributed by atoms with van der Waals surface area (Å²) in [5, 5.41) is 3.72. The van der Waals surface area contributed by atoms with Gasteiger partial charge in [-0.3, -0.25) is 9.78 Å². The summed E-state index contributed by atoms with van der Waals surface area (Å²) in [7, 11) is 0. The molecule has 5 heteroatoms. The zero-order valence-electron chi connectivity index (χ0n) is 14.9. The molecule has 26 heavy (non-hydrogen) atoms. The summed E-state index contributed by atoms with van der Waals surface area (Å²) < 4.78 is 18.6. The van der Waals surface area contributed by atoms with E-state index in [-0.39, 0.29) is 18.3 Å². The number of pyridine rings is 1. The molecule has 0 atom stereocenters. The van der Waals surface area contributed by atoms with E-state index in [1.165, 1.54) is 12.1 Å². The third-order valence-corrected chi connectivity index (χ3v) is 4.25. The third kappa shape index (κ3) is 3.82. The summed E-state index contributed by atoms with van der Waals surface area (Å²) >= 11 is 0. The van der Waals surface area contributed by atoms with Crippen molar-refractivity contribution in [1.29, 1.82) is 0 Å². The summed E-state index contributed by atoms with van der Waals surface area (Å²) in [5.41, 5.74) is 3.29. The van der Waals surface area contributed by atoms with E-state index in [2.05, 4.69) is 10.3 Å². The van der Waals surface area contributed by atoms with E-state index < -0.39 is 0 Å². The van der Waals surface area contributed by atoms with E-state index in [9.17, 15) is 9.18 Å². The third-order valence-electron chi connectivity index (χ3n) is 4.25. The minimum atomic E-state index is -0.350. The first kappa shape index (κ1) is 17.9. The lowest BCUT2D eigenvalue weighted by Crippen LogP contribution is -2.29. The lowest BCUT2D eigenvalue weighted by atomic mass is 9.99. The van der Waals surface area contributed by atoms with Crippen molar-refractivity contribution in [2.75, 3.05) is 13.2 Å². The molecule has 1 N–H and O–H groups in total. The molecule has 0 fully saturated rings. The van der Waals surface area contributed by atoms with Gasteiger partial charge in [-0.15, -0.1) is 0 Å². The fraction of sp³-hybridized carbons (Fsp3) is 0.238. The maximum atomic E-state index is 13.1. The van der Waals surface area contributed by atoms with Gasteiger partial charge in [0.25, 0.3) is 5.91 Å². The van der Waals surface area contributed by atoms with Gasteiger partial charge in [-0.05, 0) is 37.1 Å². The van der Waals surface area contributed by atoms with Crippen LogP contribution in [0.25, 0.3) is 10.9 Å². The molecule has 0 aliphatic rings. The molecular weight excluding hydrogens is 331 g/mol. The molecule has 3 aromatic rings. The molecule has 4 nitrogen and oxygen atoms in total. The van der Waals surface area contributed by atoms with Crippen molar-refractivity contribution < 1.29 is 13.9 Å². The minimum absolute atomic E-state index is 0.154. The Kier molecular flexibility index (Phi) is 5.46. The fourth-order valence-electron chi connectivity index (χ4n) is 2.97. The number of ether oxygens (including phenoxy) is 1. The van der Waals surface area contributed by atoms with Crippen LogP contribution in [0.4, 0.5) is 4.39 Å². The number of nitrogens with zero attached hydrogens (tertiary/aromatic N) is 1. The second kappa shape index (κ2) is 7.95. The molecule has 0 unspecified atom stereocenters. The van der Waals surface area contributed by atoms with Gasteiger partial charge >= 0.3 is 0 Å². The Hall–Kier alpha value is -2.95. The lowest BCUT2D eigenvalue weighted by molar-refractivity contribution is 0.0948. The van der Waals surface area contributed by atoms with Crippen LogP contribution in [0.15, 0.2) is 48.5 Å². The average molecular weight is 352 g/mol. The van der Waals surface area contributed by atoms with Gasteiger partial charge in [0.15, 0.2) is 0 Å². The minimum Gasteiger partial charge on any atom is -0.492 e. The highest BCUT2D eigenvalue weighted by atomic mass is 19.1. The molecule has 134 valence electrons. The molecule has 0 bridgehead atoms. The highest BCUT2D eigenvalue weighted by Crippen LogP contribution is 2.23. The normalized spacial score (nSPS) is 10.7. The number of para-hydroxylation sites is 1. The molecule has 1 amide bonds. The van der Waals surface area contributed by atoms with Crippen LogP contribution in [-0.4, -0.2) is 24.0 Å². The average Bonchev–Trinajstić information content (AvgIpc) is 2.64. The second-order valence-corrected chi connectivity index (χ2v) is 5.99. The Bertz CT molecular complexity index is 940. The number of nitrogens with one attached hydrogen (secondary N) is 1. The Labute approximate surface area is 152 Å². The molecule has 0 aliphatic heterocycles. The van der Waals surface area contributed by atoms with Gasteiger partial charge in [-0.2, -0.15) is 0 Å². The van der Waals surface area contributed by atoms with Crippen molar-refractivity contribution in [1.82, 2.24) is 10.3 Å². The SMILES string of the molecule is CCc1nc2ccccc2c(C(=O)NCCOc2cccc(F)c2)c1C. The lowest BCUT2D eigenvalue weighted by Gasteiger charge is -2.14. The second-order valence-electron chi connectivity index (χ2n) is 5.99. The van der Waals surface area contributed by atoms with Crippen LogP contribution in [0.5, 0.6) is 5.75 Å². The molecule has 1 aromatic heterocycles. The number of carbonyl (C=O) groups excluding carboxylic acids is 1. The molecule has 1 heterocycles. The summed E-state index contributed by atoms with van der Waals surface area (Å²) in [6.45, 7) is 4.54. The maximum Gasteiger partial charge on any atom is 0.252 e. The fourth-order valence-corrected chi connectivity index (χ4v) is 2.97. The van der Waals surface area contributed by atoms with Gasteiger partial charge in [-0.25, -0.2) is 4.39 Å². The Morgan fingerprint density at radius 3 is 2.77 bits per heavy atom. The van der Waals surface area contributed by atoms with Crippen LogP contribution in [0.1, 0.15) is 28.5 Å². The van der Waals surface area contributed by atoms with Crippen molar-refractivity contribution in [3.05, 3.63) is 71.2 Å². The number of rotatable bonds is 6. The van der Waals surface area contributed by atoms with E-state index >= 15 is 0 Å². The van der Waals surface area contributed by atoms with Crippen molar-refractivity contribution in [3.8, 4) is 5.75 Å². The highest BCUT2D eigenvalue weighted by Gasteiger charge is 2.16. The monoisotopic (exact) mass is 352 g/mol. The summed E-state index contributed by atoms with van der Waals surface area (Å²) in [6, 6.07) is 13.6. The maximum absolute atomic E-state index is 13.1. The van der Waals surface area contributed by atoms with Gasteiger partial charge in [0.05, 0.1) is 17.6 Å². The van der Waals surface area contributed by atoms with Crippen molar-refractivity contribution >= 4 is 16.8 Å². The van der Waals surface area contributed by atoms with Gasteiger partial charge in [-0.1, -0.05) is 31.2 Å². The molecule has 0 saturated heterocycles. The number of fused-ring (bicyclic) bond motifs is 1. The van der Waals surface area contributed by atoms with Crippen LogP contribution in [0, 0.1) is 12.7 Å². The van der Waals surface area contributed by atoms with Crippen molar-refractivity contribution in [2.45, 2.75) is 20.3 Å². The number of hydrogen-bond donors (Lipinski definition) is 1. The zero-order valence-corrected chi connectivity index (χ0v) is 14.9. The molecule has 3 rings (SSSR count). The predicted octanol–water partition coefficient (Wildman–Crippen LogP) is 4.05. The van der Waals surface area contributed by atoms with Crippen LogP contribution in [0.2, 0.25) is 0 Å². The topological polar surface area (TPSA) is 51.2 Å². The van der Waals surface area contributed by atoms with E-state index in [0.29, 0.717) is 17.9 Å². The predicted molar refractivity (Wildman–Crippen MR) is 100 cm³/mol. The number of halogens is 1. The van der Waals surface area contributed by atoms with Crippen molar-refractivity contribution in [2.24, 2.45) is 0 Å². The first-order valence-corrected chi connectivity index (χ1v) is 8.65. The smallest absolute Gasteiger partial charge is 0.252 e. The number of aromatic nitrogens is 1. The highest BCUT2D eigenvalue weighted by molar-refractivity contribution is 6.07. The zero-order chi connectivity index (χ0) is 18.5. The number of benzene rings is 2. The molecule has 0 aliphatic carbocycles. The first-order valence-electron chi connectivity index (χ1n) is 8.65. The molecule has 2 aromatic carbocycles. The summed E-state index contributed by atoms with van der Waals surface area (Å²) in [4.78, 5) is 17.4. The van der Waals surface area contributed by atoms with Crippen LogP contribution in [-0.2, 0) is 6.42 Å². The van der Waals surface area contributed by atoms with Crippen LogP contribution < -0.4 is 10.1 Å². The van der Waals surface area contributed by atoms with E-state index in [1.807, 2.05) is 38.1 Å². The van der Waals surface area contributed by atoms with Gasteiger partial charge in [0.1, 0.15) is 18.2 Å². The summed E-state index contributed by atoms with van der Waals surface area (Å²) in [6.07, 6.45) is 0.764. The van der Waals surface area contributed by atoms with Gasteiger partial charge in [0, 0.05) is 17.1 Å². The van der Waals surface area contributed by atoms with Crippen LogP contribution in [0.3, 0.4) is 0 Å². The number of carbonyl (C=O) groups is 1. The largest absolute Gasteiger partial charge is 0.492 e. The number of amides is 1. The molecular formula is C21H21FN2O2. The standard InChI is InChI=1S/C21H21FN2O2/c1-3-18-14(2)20(17-9-4-5-10-19(17)24-18)21(25)23-11-12-26-16-8-6-7-15(22)13-16/h4-10,13H,3,11-12H2,1-2H3,(H,23,25). The van der Waals surface area contributed by atoms with E-state index in [4.69, 9.17) is 4.74 Å². The van der Waals surface area contributed by atoms with Crippen LogP contribution >= 0.6 is 0 Å². The quantitative estimate of drug-likeness (QED) is 0.681. The Balaban J connectivity index is 1.72. The van der Waals surface area contributed by atoms with Gasteiger partial charge < -0.3 is 10.1 Å². The number of hydrogen-bond acceptors (Lipinski definition) is 3. The first-order chi connectivity index (χ1) is 12.6. The van der Waals surface area contributed by atoms with Crippen molar-refractivity contribution in [3.63, 3.8) is 0 Å². The molecule has 0 radical (unpaired) electrons. The van der Waals surface area contributed by atoms with E-state index in [1.54, 1.807) is 12.1 Å². The van der Waals surface area contributed by atoms with E-state index in [0.717, 1.165) is 28.6 Å². The summed E-state index contributed by atoms with van der Waals surface area (Å²) in [5.74, 6) is -0.0609. The Morgan fingerprint density at radius 2 is 2.00 bits per heavy atom. The van der Waals surface area contributed by atoms with Gasteiger partial charge in [0.2, 0.25) is 0 Å².